The molecule has 0 aromatic heterocycles. The normalized spacial score (nSPS) is 19.0. The van der Waals surface area contributed by atoms with Crippen LogP contribution in [0.4, 0.5) is 4.79 Å². The maximum absolute atomic E-state index is 12.0. The molecule has 1 aliphatic heterocycles. The molecule has 1 rings (SSSR count). The minimum Gasteiger partial charge on any atom is -0.444 e. The molecule has 1 amide bonds. The maximum Gasteiger partial charge on any atom is 0.410 e. The van der Waals surface area contributed by atoms with Crippen molar-refractivity contribution in [3.63, 3.8) is 0 Å². The van der Waals surface area contributed by atoms with E-state index >= 15 is 0 Å². The van der Waals surface area contributed by atoms with Gasteiger partial charge in [0.25, 0.3) is 0 Å². The number of hydrogen-bond acceptors (Lipinski definition) is 3. The van der Waals surface area contributed by atoms with Gasteiger partial charge in [0.15, 0.2) is 0 Å². The first-order valence-electron chi connectivity index (χ1n) is 8.61. The lowest BCUT2D eigenvalue weighted by Gasteiger charge is -2.24. The van der Waals surface area contributed by atoms with E-state index in [2.05, 4.69) is 12.2 Å². The summed E-state index contributed by atoms with van der Waals surface area (Å²) in [7, 11) is 0. The topological polar surface area (TPSA) is 41.6 Å². The quantitative estimate of drug-likeness (QED) is 0.693. The van der Waals surface area contributed by atoms with Crippen molar-refractivity contribution in [1.82, 2.24) is 10.2 Å². The SMILES string of the molecule is CCCCCCCNCC1CCN(C(=O)OC(C)(C)C)C1. The summed E-state index contributed by atoms with van der Waals surface area (Å²) >= 11 is 0. The van der Waals surface area contributed by atoms with Gasteiger partial charge in [-0.3, -0.25) is 0 Å². The molecule has 0 saturated carbocycles. The predicted octanol–water partition coefficient (Wildman–Crippen LogP) is 3.80. The minimum absolute atomic E-state index is 0.162. The Bertz CT molecular complexity index is 300. The van der Waals surface area contributed by atoms with Gasteiger partial charge >= 0.3 is 6.09 Å². The maximum atomic E-state index is 12.0. The number of hydrogen-bond donors (Lipinski definition) is 1. The zero-order valence-electron chi connectivity index (χ0n) is 14.4. The van der Waals surface area contributed by atoms with Crippen LogP contribution >= 0.6 is 0 Å². The molecular formula is C17H34N2O2. The summed E-state index contributed by atoms with van der Waals surface area (Å²) in [6, 6.07) is 0. The Hall–Kier alpha value is -0.770. The van der Waals surface area contributed by atoms with Gasteiger partial charge in [0.05, 0.1) is 0 Å². The second-order valence-electron chi connectivity index (χ2n) is 7.20. The van der Waals surface area contributed by atoms with E-state index in [0.29, 0.717) is 5.92 Å². The molecule has 4 heteroatoms. The third-order valence-electron chi connectivity index (χ3n) is 3.83. The number of ether oxygens (including phenoxy) is 1. The van der Waals surface area contributed by atoms with Crippen LogP contribution in [-0.2, 0) is 4.74 Å². The van der Waals surface area contributed by atoms with Crippen LogP contribution in [-0.4, -0.2) is 42.8 Å². The standard InChI is InChI=1S/C17H34N2O2/c1-5-6-7-8-9-11-18-13-15-10-12-19(14-15)16(20)21-17(2,3)4/h15,18H,5-14H2,1-4H3. The van der Waals surface area contributed by atoms with Gasteiger partial charge in [-0.25, -0.2) is 4.79 Å². The first-order valence-corrected chi connectivity index (χ1v) is 8.61. The summed E-state index contributed by atoms with van der Waals surface area (Å²) in [5, 5.41) is 3.53. The molecule has 21 heavy (non-hydrogen) atoms. The Morgan fingerprint density at radius 3 is 2.62 bits per heavy atom. The van der Waals surface area contributed by atoms with Crippen molar-refractivity contribution in [2.24, 2.45) is 5.92 Å². The number of nitrogens with zero attached hydrogens (tertiary/aromatic N) is 1. The molecule has 0 aromatic rings. The fraction of sp³-hybridized carbons (Fsp3) is 0.941. The second-order valence-corrected chi connectivity index (χ2v) is 7.20. The van der Waals surface area contributed by atoms with E-state index in [0.717, 1.165) is 32.6 Å². The minimum atomic E-state index is -0.397. The van der Waals surface area contributed by atoms with Crippen LogP contribution in [0.3, 0.4) is 0 Å². The average Bonchev–Trinajstić information content (AvgIpc) is 2.84. The first-order chi connectivity index (χ1) is 9.92. The van der Waals surface area contributed by atoms with E-state index in [-0.39, 0.29) is 6.09 Å². The van der Waals surface area contributed by atoms with Crippen LogP contribution in [0.1, 0.15) is 66.2 Å². The summed E-state index contributed by atoms with van der Waals surface area (Å²) in [5.41, 5.74) is -0.397. The van der Waals surface area contributed by atoms with Crippen molar-refractivity contribution in [3.8, 4) is 0 Å². The molecule has 1 aliphatic rings. The van der Waals surface area contributed by atoms with E-state index in [1.807, 2.05) is 25.7 Å². The molecular weight excluding hydrogens is 264 g/mol. The predicted molar refractivity (Wildman–Crippen MR) is 87.5 cm³/mol. The van der Waals surface area contributed by atoms with E-state index in [9.17, 15) is 4.79 Å². The molecule has 0 radical (unpaired) electrons. The molecule has 0 aliphatic carbocycles. The van der Waals surface area contributed by atoms with Crippen molar-refractivity contribution < 1.29 is 9.53 Å². The van der Waals surface area contributed by atoms with E-state index in [1.54, 1.807) is 0 Å². The third kappa shape index (κ3) is 8.30. The van der Waals surface area contributed by atoms with Crippen LogP contribution in [0.2, 0.25) is 0 Å². The van der Waals surface area contributed by atoms with Crippen LogP contribution in [0, 0.1) is 5.92 Å². The second kappa shape index (κ2) is 9.29. The van der Waals surface area contributed by atoms with Gasteiger partial charge in [-0.05, 0) is 52.6 Å². The fourth-order valence-corrected chi connectivity index (χ4v) is 2.65. The van der Waals surface area contributed by atoms with Crippen molar-refractivity contribution >= 4 is 6.09 Å². The van der Waals surface area contributed by atoms with E-state index in [1.165, 1.54) is 32.1 Å². The van der Waals surface area contributed by atoms with Crippen LogP contribution < -0.4 is 5.32 Å². The van der Waals surface area contributed by atoms with Gasteiger partial charge in [0.2, 0.25) is 0 Å². The number of nitrogens with one attached hydrogen (secondary N) is 1. The number of likely N-dealkylation sites (tertiary alicyclic amines) is 1. The Kier molecular flexibility index (Phi) is 8.09. The van der Waals surface area contributed by atoms with Gasteiger partial charge in [0.1, 0.15) is 5.60 Å². The Morgan fingerprint density at radius 1 is 1.24 bits per heavy atom. The molecule has 0 bridgehead atoms. The number of amides is 1. The van der Waals surface area contributed by atoms with E-state index < -0.39 is 5.60 Å². The molecule has 1 saturated heterocycles. The molecule has 4 nitrogen and oxygen atoms in total. The summed E-state index contributed by atoms with van der Waals surface area (Å²) in [5.74, 6) is 0.577. The number of rotatable bonds is 8. The lowest BCUT2D eigenvalue weighted by atomic mass is 10.1. The van der Waals surface area contributed by atoms with Crippen LogP contribution in [0.5, 0.6) is 0 Å². The zero-order valence-corrected chi connectivity index (χ0v) is 14.4. The monoisotopic (exact) mass is 298 g/mol. The largest absolute Gasteiger partial charge is 0.444 e. The zero-order chi connectivity index (χ0) is 15.7. The van der Waals surface area contributed by atoms with Crippen LogP contribution in [0.25, 0.3) is 0 Å². The molecule has 1 N–H and O–H groups in total. The van der Waals surface area contributed by atoms with Crippen molar-refractivity contribution in [1.29, 1.82) is 0 Å². The van der Waals surface area contributed by atoms with Gasteiger partial charge < -0.3 is 15.0 Å². The van der Waals surface area contributed by atoms with Gasteiger partial charge in [0, 0.05) is 13.1 Å². The molecule has 1 atom stereocenters. The van der Waals surface area contributed by atoms with Crippen molar-refractivity contribution in [2.75, 3.05) is 26.2 Å². The Balaban J connectivity index is 2.08. The number of carbonyl (C=O) groups excluding carboxylic acids is 1. The number of unbranched alkanes of at least 4 members (excludes halogenated alkanes) is 4. The van der Waals surface area contributed by atoms with Crippen molar-refractivity contribution in [3.05, 3.63) is 0 Å². The highest BCUT2D eigenvalue weighted by Gasteiger charge is 2.29. The van der Waals surface area contributed by atoms with Gasteiger partial charge in [-0.1, -0.05) is 32.6 Å². The summed E-state index contributed by atoms with van der Waals surface area (Å²) in [4.78, 5) is 13.8. The highest BCUT2D eigenvalue weighted by atomic mass is 16.6. The summed E-state index contributed by atoms with van der Waals surface area (Å²) in [6.45, 7) is 11.8. The lowest BCUT2D eigenvalue weighted by Crippen LogP contribution is -2.36. The molecule has 0 aromatic carbocycles. The Morgan fingerprint density at radius 2 is 1.95 bits per heavy atom. The summed E-state index contributed by atoms with van der Waals surface area (Å²) in [6.07, 6.45) is 7.53. The first kappa shape index (κ1) is 18.3. The molecule has 1 heterocycles. The highest BCUT2D eigenvalue weighted by Crippen LogP contribution is 2.18. The highest BCUT2D eigenvalue weighted by molar-refractivity contribution is 5.68. The molecule has 1 fully saturated rings. The third-order valence-corrected chi connectivity index (χ3v) is 3.83. The summed E-state index contributed by atoms with van der Waals surface area (Å²) < 4.78 is 5.42. The van der Waals surface area contributed by atoms with Gasteiger partial charge in [-0.2, -0.15) is 0 Å². The number of carbonyl (C=O) groups is 1. The van der Waals surface area contributed by atoms with E-state index in [4.69, 9.17) is 4.74 Å². The van der Waals surface area contributed by atoms with Gasteiger partial charge in [-0.15, -0.1) is 0 Å². The van der Waals surface area contributed by atoms with Crippen LogP contribution in [0.15, 0.2) is 0 Å². The lowest BCUT2D eigenvalue weighted by molar-refractivity contribution is 0.0288. The average molecular weight is 298 g/mol. The molecule has 1 unspecified atom stereocenters. The Labute approximate surface area is 130 Å². The smallest absolute Gasteiger partial charge is 0.410 e. The molecule has 124 valence electrons. The molecule has 0 spiro atoms. The fourth-order valence-electron chi connectivity index (χ4n) is 2.65. The van der Waals surface area contributed by atoms with Crippen molar-refractivity contribution in [2.45, 2.75) is 71.8 Å².